The normalized spacial score (nSPS) is 36.4. The number of ether oxygens (including phenoxy) is 1. The monoisotopic (exact) mass is 281 g/mol. The number of aliphatic hydroxyl groups is 4. The third kappa shape index (κ3) is 3.81. The van der Waals surface area contributed by atoms with Crippen molar-refractivity contribution in [2.75, 3.05) is 12.4 Å². The summed E-state index contributed by atoms with van der Waals surface area (Å²) in [5.41, 5.74) is 0. The fourth-order valence-electron chi connectivity index (χ4n) is 1.75. The highest BCUT2D eigenvalue weighted by molar-refractivity contribution is 7.80. The molecule has 5 N–H and O–H groups in total. The summed E-state index contributed by atoms with van der Waals surface area (Å²) in [5, 5.41) is 40.2. The summed E-state index contributed by atoms with van der Waals surface area (Å²) in [4.78, 5) is 11.5. The Hall–Kier alpha value is -0.380. The van der Waals surface area contributed by atoms with E-state index in [-0.39, 0.29) is 12.3 Å². The second-order valence-corrected chi connectivity index (χ2v) is 4.60. The molecule has 7 nitrogen and oxygen atoms in total. The van der Waals surface area contributed by atoms with E-state index in [1.165, 1.54) is 0 Å². The van der Waals surface area contributed by atoms with Crippen LogP contribution in [0.15, 0.2) is 0 Å². The lowest BCUT2D eigenvalue weighted by Crippen LogP contribution is -2.64. The van der Waals surface area contributed by atoms with Gasteiger partial charge in [-0.1, -0.05) is 0 Å². The number of thiol groups is 1. The van der Waals surface area contributed by atoms with E-state index in [2.05, 4.69) is 17.9 Å². The standard InChI is InChI=1S/C10H19NO6S/c12-4-5-8(14)9(15)7(10(16)17-5)11-6(13)2-1-3-18/h5,7-10,12,14-16,18H,1-4H2,(H,11,13)/t5-,7-,8-,9-,10-/m1/s1. The van der Waals surface area contributed by atoms with Crippen LogP contribution in [-0.4, -0.2) is 69.3 Å². The van der Waals surface area contributed by atoms with Gasteiger partial charge < -0.3 is 30.5 Å². The topological polar surface area (TPSA) is 119 Å². The Morgan fingerprint density at radius 3 is 2.50 bits per heavy atom. The van der Waals surface area contributed by atoms with Crippen molar-refractivity contribution in [2.45, 2.75) is 43.5 Å². The molecule has 1 amide bonds. The maximum Gasteiger partial charge on any atom is 0.220 e. The summed E-state index contributed by atoms with van der Waals surface area (Å²) in [5.74, 6) is 0.180. The van der Waals surface area contributed by atoms with Gasteiger partial charge in [0.05, 0.1) is 6.61 Å². The minimum Gasteiger partial charge on any atom is -0.394 e. The third-order valence-electron chi connectivity index (χ3n) is 2.79. The van der Waals surface area contributed by atoms with Gasteiger partial charge in [0.15, 0.2) is 6.29 Å². The van der Waals surface area contributed by atoms with Crippen LogP contribution in [-0.2, 0) is 9.53 Å². The van der Waals surface area contributed by atoms with Crippen molar-refractivity contribution in [2.24, 2.45) is 0 Å². The predicted octanol–water partition coefficient (Wildman–Crippen LogP) is -2.39. The van der Waals surface area contributed by atoms with E-state index in [1.807, 2.05) is 0 Å². The molecule has 1 saturated heterocycles. The smallest absolute Gasteiger partial charge is 0.220 e. The van der Waals surface area contributed by atoms with Gasteiger partial charge in [-0.25, -0.2) is 0 Å². The van der Waals surface area contributed by atoms with Gasteiger partial charge in [0.25, 0.3) is 0 Å². The maximum absolute atomic E-state index is 11.5. The number of carbonyl (C=O) groups excluding carboxylic acids is 1. The Bertz CT molecular complexity index is 279. The lowest BCUT2D eigenvalue weighted by molar-refractivity contribution is -0.253. The second kappa shape index (κ2) is 7.27. The molecule has 106 valence electrons. The van der Waals surface area contributed by atoms with Crippen LogP contribution in [0.1, 0.15) is 12.8 Å². The maximum atomic E-state index is 11.5. The van der Waals surface area contributed by atoms with Gasteiger partial charge in [-0.15, -0.1) is 0 Å². The Balaban J connectivity index is 2.57. The molecule has 1 aliphatic rings. The highest BCUT2D eigenvalue weighted by atomic mass is 32.1. The van der Waals surface area contributed by atoms with Gasteiger partial charge >= 0.3 is 0 Å². The number of aliphatic hydroxyl groups excluding tert-OH is 4. The van der Waals surface area contributed by atoms with Gasteiger partial charge in [-0.05, 0) is 12.2 Å². The third-order valence-corrected chi connectivity index (χ3v) is 3.11. The Morgan fingerprint density at radius 1 is 1.28 bits per heavy atom. The van der Waals surface area contributed by atoms with E-state index >= 15 is 0 Å². The van der Waals surface area contributed by atoms with Crippen molar-refractivity contribution in [3.8, 4) is 0 Å². The van der Waals surface area contributed by atoms with E-state index in [4.69, 9.17) is 9.84 Å². The van der Waals surface area contributed by atoms with Crippen LogP contribution in [0, 0.1) is 0 Å². The summed E-state index contributed by atoms with van der Waals surface area (Å²) in [7, 11) is 0. The van der Waals surface area contributed by atoms with E-state index in [1.54, 1.807) is 0 Å². The van der Waals surface area contributed by atoms with Crippen LogP contribution in [0.2, 0.25) is 0 Å². The molecule has 0 aromatic rings. The molecule has 1 aliphatic heterocycles. The predicted molar refractivity (Wildman–Crippen MR) is 65.0 cm³/mol. The van der Waals surface area contributed by atoms with Gasteiger partial charge in [0, 0.05) is 6.42 Å². The summed E-state index contributed by atoms with van der Waals surface area (Å²) in [6.45, 7) is -0.532. The van der Waals surface area contributed by atoms with E-state index in [0.717, 1.165) is 0 Å². The zero-order chi connectivity index (χ0) is 13.7. The molecule has 0 aliphatic carbocycles. The van der Waals surface area contributed by atoms with E-state index in [0.29, 0.717) is 12.2 Å². The molecule has 18 heavy (non-hydrogen) atoms. The minimum absolute atomic E-state index is 0.207. The first-order valence-corrected chi connectivity index (χ1v) is 6.35. The Labute approximate surface area is 110 Å². The number of carbonyl (C=O) groups is 1. The van der Waals surface area contributed by atoms with Crippen molar-refractivity contribution in [1.29, 1.82) is 0 Å². The molecule has 1 rings (SSSR count). The van der Waals surface area contributed by atoms with Gasteiger partial charge in [-0.2, -0.15) is 12.6 Å². The molecule has 8 heteroatoms. The van der Waals surface area contributed by atoms with Crippen molar-refractivity contribution >= 4 is 18.5 Å². The summed E-state index contributed by atoms with van der Waals surface area (Å²) >= 11 is 3.96. The minimum atomic E-state index is -1.47. The lowest BCUT2D eigenvalue weighted by Gasteiger charge is -2.40. The fourth-order valence-corrected chi connectivity index (χ4v) is 1.91. The van der Waals surface area contributed by atoms with E-state index in [9.17, 15) is 20.1 Å². The number of hydrogen-bond acceptors (Lipinski definition) is 7. The molecule has 0 saturated carbocycles. The van der Waals surface area contributed by atoms with Crippen LogP contribution >= 0.6 is 12.6 Å². The number of hydrogen-bond donors (Lipinski definition) is 6. The molecule has 0 aromatic carbocycles. The van der Waals surface area contributed by atoms with Gasteiger partial charge in [0.1, 0.15) is 24.4 Å². The molecule has 5 atom stereocenters. The molecule has 0 radical (unpaired) electrons. The van der Waals surface area contributed by atoms with Crippen LogP contribution in [0.4, 0.5) is 0 Å². The number of rotatable bonds is 5. The zero-order valence-corrected chi connectivity index (χ0v) is 10.7. The van der Waals surface area contributed by atoms with Crippen molar-refractivity contribution < 1.29 is 30.0 Å². The van der Waals surface area contributed by atoms with Crippen LogP contribution in [0.3, 0.4) is 0 Å². The van der Waals surface area contributed by atoms with Crippen LogP contribution in [0.25, 0.3) is 0 Å². The molecular weight excluding hydrogens is 262 g/mol. The molecule has 0 unspecified atom stereocenters. The molecule has 0 aromatic heterocycles. The molecule has 0 spiro atoms. The first kappa shape index (κ1) is 15.7. The summed E-state index contributed by atoms with van der Waals surface area (Å²) < 4.78 is 4.90. The number of nitrogens with one attached hydrogen (secondary N) is 1. The Kier molecular flexibility index (Phi) is 6.33. The highest BCUT2D eigenvalue weighted by Gasteiger charge is 2.44. The Morgan fingerprint density at radius 2 is 1.94 bits per heavy atom. The van der Waals surface area contributed by atoms with Crippen molar-refractivity contribution in [3.05, 3.63) is 0 Å². The van der Waals surface area contributed by atoms with Crippen molar-refractivity contribution in [3.63, 3.8) is 0 Å². The van der Waals surface area contributed by atoms with Crippen molar-refractivity contribution in [1.82, 2.24) is 5.32 Å². The first-order chi connectivity index (χ1) is 8.51. The quantitative estimate of drug-likeness (QED) is 0.313. The molecule has 1 heterocycles. The largest absolute Gasteiger partial charge is 0.394 e. The SMILES string of the molecule is O=C(CCCS)N[C@@H]1[C@@H](O)[C@H](O)[C@@H](CO)O[C@H]1O. The van der Waals surface area contributed by atoms with Gasteiger partial charge in [0.2, 0.25) is 5.91 Å². The van der Waals surface area contributed by atoms with Crippen LogP contribution in [0.5, 0.6) is 0 Å². The zero-order valence-electron chi connectivity index (χ0n) is 9.77. The van der Waals surface area contributed by atoms with Gasteiger partial charge in [-0.3, -0.25) is 4.79 Å². The second-order valence-electron chi connectivity index (χ2n) is 4.15. The molecule has 0 bridgehead atoms. The summed E-state index contributed by atoms with van der Waals surface area (Å²) in [6.07, 6.45) is -4.53. The van der Waals surface area contributed by atoms with E-state index < -0.39 is 37.3 Å². The summed E-state index contributed by atoms with van der Waals surface area (Å²) in [6, 6.07) is -1.12. The lowest BCUT2D eigenvalue weighted by atomic mass is 9.97. The van der Waals surface area contributed by atoms with Crippen LogP contribution < -0.4 is 5.32 Å². The molecular formula is C10H19NO6S. The fraction of sp³-hybridized carbons (Fsp3) is 0.900. The highest BCUT2D eigenvalue weighted by Crippen LogP contribution is 2.19. The number of amides is 1. The average Bonchev–Trinajstić information content (AvgIpc) is 2.36. The molecule has 1 fully saturated rings. The average molecular weight is 281 g/mol. The first-order valence-electron chi connectivity index (χ1n) is 5.72.